The summed E-state index contributed by atoms with van der Waals surface area (Å²) in [4.78, 5) is 15.9. The smallest absolute Gasteiger partial charge is 0.220 e. The first-order valence-electron chi connectivity index (χ1n) is 7.13. The lowest BCUT2D eigenvalue weighted by atomic mass is 9.94. The third-order valence-electron chi connectivity index (χ3n) is 3.24. The molecule has 4 heteroatoms. The van der Waals surface area contributed by atoms with Crippen LogP contribution in [0.5, 0.6) is 0 Å². The number of carbonyl (C=O) groups excluding carboxylic acids is 1. The molecule has 0 radical (unpaired) electrons. The van der Waals surface area contributed by atoms with Gasteiger partial charge in [-0.1, -0.05) is 25.8 Å². The van der Waals surface area contributed by atoms with E-state index in [-0.39, 0.29) is 5.91 Å². The van der Waals surface area contributed by atoms with Crippen LogP contribution in [0.2, 0.25) is 0 Å². The summed E-state index contributed by atoms with van der Waals surface area (Å²) in [5, 5.41) is 2.91. The molecule has 3 N–H and O–H groups in total. The fourth-order valence-corrected chi connectivity index (χ4v) is 2.19. The summed E-state index contributed by atoms with van der Waals surface area (Å²) in [5.74, 6) is 0.680. The van der Waals surface area contributed by atoms with E-state index in [9.17, 15) is 4.79 Å². The van der Waals surface area contributed by atoms with Gasteiger partial charge in [0.25, 0.3) is 0 Å². The minimum absolute atomic E-state index is 0.101. The predicted molar refractivity (Wildman–Crippen MR) is 77.4 cm³/mol. The highest BCUT2D eigenvalue weighted by atomic mass is 16.1. The van der Waals surface area contributed by atoms with Gasteiger partial charge in [0.2, 0.25) is 5.91 Å². The highest BCUT2D eigenvalue weighted by Gasteiger charge is 2.10. The molecule has 1 amide bonds. The van der Waals surface area contributed by atoms with Crippen molar-refractivity contribution in [2.45, 2.75) is 45.6 Å². The van der Waals surface area contributed by atoms with E-state index in [1.165, 1.54) is 0 Å². The highest BCUT2D eigenvalue weighted by molar-refractivity contribution is 5.75. The minimum atomic E-state index is 0.101. The lowest BCUT2D eigenvalue weighted by Crippen LogP contribution is -2.24. The molecule has 1 rings (SSSR count). The second-order valence-electron chi connectivity index (χ2n) is 4.87. The zero-order valence-corrected chi connectivity index (χ0v) is 11.8. The maximum Gasteiger partial charge on any atom is 0.220 e. The van der Waals surface area contributed by atoms with Crippen LogP contribution in [-0.4, -0.2) is 17.4 Å². The summed E-state index contributed by atoms with van der Waals surface area (Å²) in [7, 11) is 0. The SMILES string of the molecule is CCCC(CCN)CCC(=O)NCc1ccccn1. The molecule has 1 unspecified atom stereocenters. The van der Waals surface area contributed by atoms with Crippen LogP contribution < -0.4 is 11.1 Å². The number of hydrogen-bond acceptors (Lipinski definition) is 3. The molecule has 0 aliphatic heterocycles. The number of aromatic nitrogens is 1. The first-order chi connectivity index (χ1) is 9.26. The molecular weight excluding hydrogens is 238 g/mol. The Morgan fingerprint density at radius 1 is 1.37 bits per heavy atom. The normalized spacial score (nSPS) is 12.1. The molecule has 0 aliphatic carbocycles. The molecular formula is C15H25N3O. The lowest BCUT2D eigenvalue weighted by molar-refractivity contribution is -0.121. The van der Waals surface area contributed by atoms with Gasteiger partial charge in [0.05, 0.1) is 12.2 Å². The predicted octanol–water partition coefficient (Wildman–Crippen LogP) is 2.24. The molecule has 106 valence electrons. The summed E-state index contributed by atoms with van der Waals surface area (Å²) in [6.07, 6.45) is 6.57. The monoisotopic (exact) mass is 263 g/mol. The van der Waals surface area contributed by atoms with E-state index in [1.54, 1.807) is 6.20 Å². The van der Waals surface area contributed by atoms with Gasteiger partial charge in [-0.15, -0.1) is 0 Å². The van der Waals surface area contributed by atoms with Gasteiger partial charge in [0.1, 0.15) is 0 Å². The Kier molecular flexibility index (Phi) is 7.82. The standard InChI is InChI=1S/C15H25N3O/c1-2-5-13(9-10-16)7-8-15(19)18-12-14-6-3-4-11-17-14/h3-4,6,11,13H,2,5,7-10,12,16H2,1H3,(H,18,19). The second kappa shape index (κ2) is 9.50. The van der Waals surface area contributed by atoms with Gasteiger partial charge in [0, 0.05) is 12.6 Å². The maximum absolute atomic E-state index is 11.8. The first kappa shape index (κ1) is 15.6. The topological polar surface area (TPSA) is 68.0 Å². The minimum Gasteiger partial charge on any atom is -0.350 e. The fraction of sp³-hybridized carbons (Fsp3) is 0.600. The molecule has 0 aliphatic rings. The van der Waals surface area contributed by atoms with E-state index in [4.69, 9.17) is 5.73 Å². The van der Waals surface area contributed by atoms with Crippen molar-refractivity contribution in [3.63, 3.8) is 0 Å². The molecule has 19 heavy (non-hydrogen) atoms. The quantitative estimate of drug-likeness (QED) is 0.718. The van der Waals surface area contributed by atoms with Crippen LogP contribution in [0, 0.1) is 5.92 Å². The van der Waals surface area contributed by atoms with Gasteiger partial charge < -0.3 is 11.1 Å². The Labute approximate surface area is 115 Å². The van der Waals surface area contributed by atoms with Gasteiger partial charge in [-0.05, 0) is 37.4 Å². The van der Waals surface area contributed by atoms with Gasteiger partial charge in [-0.2, -0.15) is 0 Å². The summed E-state index contributed by atoms with van der Waals surface area (Å²) in [6, 6.07) is 5.70. The lowest BCUT2D eigenvalue weighted by Gasteiger charge is -2.14. The Bertz CT molecular complexity index is 348. The number of rotatable bonds is 9. The molecule has 1 aromatic heterocycles. The van der Waals surface area contributed by atoms with Gasteiger partial charge in [0.15, 0.2) is 0 Å². The van der Waals surface area contributed by atoms with Crippen molar-refractivity contribution in [2.75, 3.05) is 6.54 Å². The Morgan fingerprint density at radius 3 is 2.84 bits per heavy atom. The zero-order chi connectivity index (χ0) is 13.9. The summed E-state index contributed by atoms with van der Waals surface area (Å²) in [6.45, 7) is 3.39. The third kappa shape index (κ3) is 6.91. The molecule has 4 nitrogen and oxygen atoms in total. The van der Waals surface area contributed by atoms with Crippen molar-refractivity contribution in [1.82, 2.24) is 10.3 Å². The maximum atomic E-state index is 11.8. The number of pyridine rings is 1. The Balaban J connectivity index is 2.23. The number of nitrogens with two attached hydrogens (primary N) is 1. The second-order valence-corrected chi connectivity index (χ2v) is 4.87. The van der Waals surface area contributed by atoms with E-state index in [2.05, 4.69) is 17.2 Å². The van der Waals surface area contributed by atoms with Crippen LogP contribution in [0.4, 0.5) is 0 Å². The van der Waals surface area contributed by atoms with Crippen LogP contribution in [0.1, 0.15) is 44.7 Å². The van der Waals surface area contributed by atoms with Crippen molar-refractivity contribution < 1.29 is 4.79 Å². The number of amides is 1. The Morgan fingerprint density at radius 2 is 2.21 bits per heavy atom. The fourth-order valence-electron chi connectivity index (χ4n) is 2.19. The molecule has 0 saturated heterocycles. The number of nitrogens with one attached hydrogen (secondary N) is 1. The van der Waals surface area contributed by atoms with Gasteiger partial charge >= 0.3 is 0 Å². The average Bonchev–Trinajstić information content (AvgIpc) is 2.44. The zero-order valence-electron chi connectivity index (χ0n) is 11.8. The van der Waals surface area contributed by atoms with E-state index in [0.717, 1.165) is 31.4 Å². The first-order valence-corrected chi connectivity index (χ1v) is 7.13. The van der Waals surface area contributed by atoms with Crippen molar-refractivity contribution >= 4 is 5.91 Å². The van der Waals surface area contributed by atoms with Crippen molar-refractivity contribution in [2.24, 2.45) is 11.7 Å². The number of nitrogens with zero attached hydrogens (tertiary/aromatic N) is 1. The molecule has 0 bridgehead atoms. The molecule has 0 spiro atoms. The van der Waals surface area contributed by atoms with Crippen molar-refractivity contribution in [1.29, 1.82) is 0 Å². The highest BCUT2D eigenvalue weighted by Crippen LogP contribution is 2.16. The van der Waals surface area contributed by atoms with Crippen LogP contribution in [0.25, 0.3) is 0 Å². The van der Waals surface area contributed by atoms with E-state index in [1.807, 2.05) is 18.2 Å². The van der Waals surface area contributed by atoms with Crippen molar-refractivity contribution in [3.05, 3.63) is 30.1 Å². The third-order valence-corrected chi connectivity index (χ3v) is 3.24. The van der Waals surface area contributed by atoms with E-state index < -0.39 is 0 Å². The average molecular weight is 263 g/mol. The largest absolute Gasteiger partial charge is 0.350 e. The van der Waals surface area contributed by atoms with Gasteiger partial charge in [-0.25, -0.2) is 0 Å². The summed E-state index contributed by atoms with van der Waals surface area (Å²) < 4.78 is 0. The molecule has 1 heterocycles. The number of carbonyl (C=O) groups is 1. The molecule has 0 aromatic carbocycles. The molecule has 1 aromatic rings. The Hall–Kier alpha value is -1.42. The summed E-state index contributed by atoms with van der Waals surface area (Å²) >= 11 is 0. The van der Waals surface area contributed by atoms with E-state index in [0.29, 0.717) is 25.4 Å². The molecule has 0 saturated carbocycles. The van der Waals surface area contributed by atoms with Crippen LogP contribution in [0.3, 0.4) is 0 Å². The van der Waals surface area contributed by atoms with Crippen LogP contribution in [0.15, 0.2) is 24.4 Å². The van der Waals surface area contributed by atoms with Gasteiger partial charge in [-0.3, -0.25) is 9.78 Å². The van der Waals surface area contributed by atoms with Crippen LogP contribution in [-0.2, 0) is 11.3 Å². The van der Waals surface area contributed by atoms with Crippen LogP contribution >= 0.6 is 0 Å². The summed E-state index contributed by atoms with van der Waals surface area (Å²) in [5.41, 5.74) is 6.48. The molecule has 1 atom stereocenters. The van der Waals surface area contributed by atoms with Crippen molar-refractivity contribution in [3.8, 4) is 0 Å². The van der Waals surface area contributed by atoms with E-state index >= 15 is 0 Å². The molecule has 0 fully saturated rings. The number of hydrogen-bond donors (Lipinski definition) is 2.